The SMILES string of the molecule is O=c1cc(CO)occ1OCc1cccc(Cl)c1Cl. The van der Waals surface area contributed by atoms with E-state index >= 15 is 0 Å². The summed E-state index contributed by atoms with van der Waals surface area (Å²) >= 11 is 11.9. The van der Waals surface area contributed by atoms with Crippen LogP contribution in [0.25, 0.3) is 0 Å². The summed E-state index contributed by atoms with van der Waals surface area (Å²) in [6.45, 7) is -0.238. The van der Waals surface area contributed by atoms with Gasteiger partial charge in [0.1, 0.15) is 25.2 Å². The number of aliphatic hydroxyl groups excluding tert-OH is 1. The molecule has 0 aliphatic heterocycles. The molecule has 0 bridgehead atoms. The van der Waals surface area contributed by atoms with E-state index in [1.165, 1.54) is 6.07 Å². The molecule has 0 atom stereocenters. The predicted octanol–water partition coefficient (Wildman–Crippen LogP) is 3.02. The summed E-state index contributed by atoms with van der Waals surface area (Å²) < 4.78 is 10.3. The average molecular weight is 301 g/mol. The summed E-state index contributed by atoms with van der Waals surface area (Å²) in [5.74, 6) is 0.228. The van der Waals surface area contributed by atoms with Gasteiger partial charge in [-0.3, -0.25) is 4.79 Å². The smallest absolute Gasteiger partial charge is 0.227 e. The fourth-order valence-corrected chi connectivity index (χ4v) is 1.82. The molecule has 0 aliphatic carbocycles. The molecule has 0 amide bonds. The molecule has 1 aromatic carbocycles. The molecule has 6 heteroatoms. The normalized spacial score (nSPS) is 10.5. The van der Waals surface area contributed by atoms with Crippen molar-refractivity contribution in [2.45, 2.75) is 13.2 Å². The van der Waals surface area contributed by atoms with Gasteiger partial charge in [0.25, 0.3) is 0 Å². The molecule has 1 N–H and O–H groups in total. The Morgan fingerprint density at radius 3 is 2.79 bits per heavy atom. The number of hydrogen-bond acceptors (Lipinski definition) is 4. The molecule has 0 saturated carbocycles. The maximum Gasteiger partial charge on any atom is 0.227 e. The van der Waals surface area contributed by atoms with Gasteiger partial charge in [-0.1, -0.05) is 35.3 Å². The molecular formula is C13H10Cl2O4. The molecular weight excluding hydrogens is 291 g/mol. The number of ether oxygens (including phenoxy) is 1. The van der Waals surface area contributed by atoms with E-state index in [1.54, 1.807) is 18.2 Å². The number of rotatable bonds is 4. The topological polar surface area (TPSA) is 59.7 Å². The van der Waals surface area contributed by atoms with E-state index in [-0.39, 0.29) is 30.2 Å². The van der Waals surface area contributed by atoms with Crippen LogP contribution in [0.2, 0.25) is 10.0 Å². The monoisotopic (exact) mass is 300 g/mol. The lowest BCUT2D eigenvalue weighted by Crippen LogP contribution is -2.08. The van der Waals surface area contributed by atoms with Crippen molar-refractivity contribution < 1.29 is 14.3 Å². The Morgan fingerprint density at radius 2 is 2.11 bits per heavy atom. The molecule has 19 heavy (non-hydrogen) atoms. The molecule has 4 nitrogen and oxygen atoms in total. The van der Waals surface area contributed by atoms with Gasteiger partial charge in [0, 0.05) is 11.6 Å². The lowest BCUT2D eigenvalue weighted by molar-refractivity contribution is 0.236. The lowest BCUT2D eigenvalue weighted by Gasteiger charge is -2.07. The van der Waals surface area contributed by atoms with Gasteiger partial charge in [0.15, 0.2) is 0 Å². The minimum atomic E-state index is -0.367. The molecule has 0 unspecified atom stereocenters. The molecule has 2 aromatic rings. The zero-order valence-electron chi connectivity index (χ0n) is 9.73. The first kappa shape index (κ1) is 13.9. The molecule has 0 spiro atoms. The molecule has 2 rings (SSSR count). The van der Waals surface area contributed by atoms with Gasteiger partial charge >= 0.3 is 0 Å². The minimum Gasteiger partial charge on any atom is -0.482 e. The zero-order chi connectivity index (χ0) is 13.8. The third-order valence-electron chi connectivity index (χ3n) is 2.42. The van der Waals surface area contributed by atoms with Gasteiger partial charge in [-0.15, -0.1) is 0 Å². The van der Waals surface area contributed by atoms with Crippen LogP contribution in [0, 0.1) is 0 Å². The fourth-order valence-electron chi connectivity index (χ4n) is 1.44. The van der Waals surface area contributed by atoms with Gasteiger partial charge < -0.3 is 14.3 Å². The molecule has 1 heterocycles. The highest BCUT2D eigenvalue weighted by molar-refractivity contribution is 6.42. The highest BCUT2D eigenvalue weighted by Gasteiger charge is 2.08. The number of aliphatic hydroxyl groups is 1. The van der Waals surface area contributed by atoms with Gasteiger partial charge in [-0.2, -0.15) is 0 Å². The van der Waals surface area contributed by atoms with E-state index in [0.717, 1.165) is 6.26 Å². The van der Waals surface area contributed by atoms with Crippen molar-refractivity contribution in [1.82, 2.24) is 0 Å². The van der Waals surface area contributed by atoms with Crippen LogP contribution >= 0.6 is 23.2 Å². The minimum absolute atomic E-state index is 0.0493. The molecule has 0 radical (unpaired) electrons. The summed E-state index contributed by atoms with van der Waals surface area (Å²) in [4.78, 5) is 11.6. The second-order valence-electron chi connectivity index (χ2n) is 3.73. The Hall–Kier alpha value is -1.49. The van der Waals surface area contributed by atoms with E-state index < -0.39 is 0 Å². The van der Waals surface area contributed by atoms with Crippen LogP contribution in [0.4, 0.5) is 0 Å². The highest BCUT2D eigenvalue weighted by Crippen LogP contribution is 2.26. The number of hydrogen-bond donors (Lipinski definition) is 1. The Balaban J connectivity index is 2.15. The van der Waals surface area contributed by atoms with E-state index in [0.29, 0.717) is 15.6 Å². The van der Waals surface area contributed by atoms with Gasteiger partial charge in [0.2, 0.25) is 11.2 Å². The largest absolute Gasteiger partial charge is 0.482 e. The van der Waals surface area contributed by atoms with Gasteiger partial charge in [0.05, 0.1) is 10.0 Å². The lowest BCUT2D eigenvalue weighted by atomic mass is 10.2. The quantitative estimate of drug-likeness (QED) is 0.943. The Morgan fingerprint density at radius 1 is 1.32 bits per heavy atom. The van der Waals surface area contributed by atoms with Crippen molar-refractivity contribution in [3.8, 4) is 5.75 Å². The second kappa shape index (κ2) is 6.10. The maximum atomic E-state index is 11.6. The maximum absolute atomic E-state index is 11.6. The fraction of sp³-hybridized carbons (Fsp3) is 0.154. The first-order valence-corrected chi connectivity index (χ1v) is 6.15. The molecule has 100 valence electrons. The van der Waals surface area contributed by atoms with Crippen molar-refractivity contribution in [3.05, 3.63) is 62.1 Å². The summed E-state index contributed by atoms with van der Waals surface area (Å²) in [6, 6.07) is 6.33. The number of halogens is 2. The molecule has 0 saturated heterocycles. The van der Waals surface area contributed by atoms with E-state index in [1.807, 2.05) is 0 Å². The summed E-state index contributed by atoms with van der Waals surface area (Å²) in [6.07, 6.45) is 1.16. The van der Waals surface area contributed by atoms with Crippen LogP contribution in [0.15, 0.2) is 39.7 Å². The van der Waals surface area contributed by atoms with Gasteiger partial charge in [-0.25, -0.2) is 0 Å². The molecule has 0 aliphatic rings. The number of benzene rings is 1. The van der Waals surface area contributed by atoms with Crippen LogP contribution in [-0.4, -0.2) is 5.11 Å². The van der Waals surface area contributed by atoms with Crippen molar-refractivity contribution in [3.63, 3.8) is 0 Å². The van der Waals surface area contributed by atoms with Crippen LogP contribution in [0.1, 0.15) is 11.3 Å². The standard InChI is InChI=1S/C13H10Cl2O4/c14-10-3-1-2-8(13(10)15)6-19-12-7-18-9(5-16)4-11(12)17/h1-4,7,16H,5-6H2. The summed E-state index contributed by atoms with van der Waals surface area (Å²) in [7, 11) is 0. The van der Waals surface area contributed by atoms with Crippen LogP contribution in [0.3, 0.4) is 0 Å². The predicted molar refractivity (Wildman–Crippen MR) is 71.7 cm³/mol. The second-order valence-corrected chi connectivity index (χ2v) is 4.52. The van der Waals surface area contributed by atoms with E-state index in [9.17, 15) is 4.79 Å². The first-order valence-electron chi connectivity index (χ1n) is 5.40. The first-order chi connectivity index (χ1) is 9.11. The van der Waals surface area contributed by atoms with Crippen molar-refractivity contribution in [1.29, 1.82) is 0 Å². The van der Waals surface area contributed by atoms with Crippen LogP contribution in [0.5, 0.6) is 5.75 Å². The Kier molecular flexibility index (Phi) is 4.47. The Bertz CT molecular complexity index is 637. The third kappa shape index (κ3) is 3.29. The van der Waals surface area contributed by atoms with Crippen molar-refractivity contribution in [2.75, 3.05) is 0 Å². The van der Waals surface area contributed by atoms with Crippen LogP contribution in [-0.2, 0) is 13.2 Å². The van der Waals surface area contributed by atoms with Gasteiger partial charge in [-0.05, 0) is 6.07 Å². The highest BCUT2D eigenvalue weighted by atomic mass is 35.5. The van der Waals surface area contributed by atoms with Crippen molar-refractivity contribution in [2.24, 2.45) is 0 Å². The Labute approximate surface area is 119 Å². The molecule has 0 fully saturated rings. The third-order valence-corrected chi connectivity index (χ3v) is 3.28. The summed E-state index contributed by atoms with van der Waals surface area (Å²) in [5.41, 5.74) is 0.299. The zero-order valence-corrected chi connectivity index (χ0v) is 11.2. The average Bonchev–Trinajstić information content (AvgIpc) is 2.41. The van der Waals surface area contributed by atoms with E-state index in [4.69, 9.17) is 37.5 Å². The van der Waals surface area contributed by atoms with Crippen molar-refractivity contribution >= 4 is 23.2 Å². The summed E-state index contributed by atoms with van der Waals surface area (Å²) in [5, 5.41) is 9.63. The van der Waals surface area contributed by atoms with Crippen LogP contribution < -0.4 is 10.2 Å². The molecule has 1 aromatic heterocycles. The van der Waals surface area contributed by atoms with E-state index in [2.05, 4.69) is 0 Å².